The third-order valence-electron chi connectivity index (χ3n) is 4.49. The standard InChI is InChI=1S/C20H16N2O5S/c23-17-14-7-6-13(18(24)25)10-15(14)21-20(28-16-8-9-27-19(16)26)22(17)11-12-4-2-1-3-5-12/h1-7,10,16H,8-9,11H2,(H,24,25). The number of rotatable bonds is 5. The van der Waals surface area contributed by atoms with Gasteiger partial charge in [0, 0.05) is 6.42 Å². The number of thioether (sulfide) groups is 1. The lowest BCUT2D eigenvalue weighted by Crippen LogP contribution is -2.25. The first-order valence-corrected chi connectivity index (χ1v) is 9.56. The van der Waals surface area contributed by atoms with E-state index < -0.39 is 11.2 Å². The number of fused-ring (bicyclic) bond motifs is 1. The van der Waals surface area contributed by atoms with E-state index in [2.05, 4.69) is 4.98 Å². The van der Waals surface area contributed by atoms with Crippen LogP contribution in [0.5, 0.6) is 0 Å². The molecule has 0 saturated carbocycles. The van der Waals surface area contributed by atoms with Crippen molar-refractivity contribution < 1.29 is 19.4 Å². The molecule has 0 bridgehead atoms. The van der Waals surface area contributed by atoms with Crippen molar-refractivity contribution in [3.63, 3.8) is 0 Å². The van der Waals surface area contributed by atoms with Gasteiger partial charge in [0.25, 0.3) is 5.56 Å². The molecule has 0 spiro atoms. The maximum absolute atomic E-state index is 13.1. The van der Waals surface area contributed by atoms with Crippen molar-refractivity contribution in [2.45, 2.75) is 23.4 Å². The van der Waals surface area contributed by atoms with E-state index in [4.69, 9.17) is 4.74 Å². The van der Waals surface area contributed by atoms with Crippen LogP contribution in [0.1, 0.15) is 22.3 Å². The normalized spacial score (nSPS) is 16.3. The van der Waals surface area contributed by atoms with Crippen LogP contribution in [0, 0.1) is 0 Å². The smallest absolute Gasteiger partial charge is 0.335 e. The molecule has 1 unspecified atom stereocenters. The van der Waals surface area contributed by atoms with Crippen molar-refractivity contribution in [1.82, 2.24) is 9.55 Å². The van der Waals surface area contributed by atoms with Crippen molar-refractivity contribution >= 4 is 34.6 Å². The van der Waals surface area contributed by atoms with Gasteiger partial charge in [-0.1, -0.05) is 42.1 Å². The molecular formula is C20H16N2O5S. The van der Waals surface area contributed by atoms with Crippen LogP contribution in [0.2, 0.25) is 0 Å². The van der Waals surface area contributed by atoms with E-state index in [1.54, 1.807) is 0 Å². The summed E-state index contributed by atoms with van der Waals surface area (Å²) in [6, 6.07) is 13.7. The molecular weight excluding hydrogens is 380 g/mol. The van der Waals surface area contributed by atoms with Crippen LogP contribution in [-0.2, 0) is 16.1 Å². The molecule has 0 aliphatic carbocycles. The van der Waals surface area contributed by atoms with Crippen LogP contribution in [-0.4, -0.2) is 38.5 Å². The van der Waals surface area contributed by atoms with Gasteiger partial charge in [0.2, 0.25) is 0 Å². The highest BCUT2D eigenvalue weighted by Gasteiger charge is 2.29. The molecule has 0 amide bonds. The Morgan fingerprint density at radius 2 is 2.00 bits per heavy atom. The number of carboxylic acid groups (broad SMARTS) is 1. The Morgan fingerprint density at radius 3 is 2.68 bits per heavy atom. The number of aromatic carboxylic acids is 1. The molecule has 1 aliphatic rings. The topological polar surface area (TPSA) is 98.5 Å². The summed E-state index contributed by atoms with van der Waals surface area (Å²) in [7, 11) is 0. The molecule has 4 rings (SSSR count). The van der Waals surface area contributed by atoms with Gasteiger partial charge >= 0.3 is 11.9 Å². The first-order valence-electron chi connectivity index (χ1n) is 8.68. The van der Waals surface area contributed by atoms with E-state index >= 15 is 0 Å². The zero-order valence-electron chi connectivity index (χ0n) is 14.7. The van der Waals surface area contributed by atoms with Gasteiger partial charge in [0.1, 0.15) is 5.25 Å². The van der Waals surface area contributed by atoms with Crippen LogP contribution < -0.4 is 5.56 Å². The second-order valence-corrected chi connectivity index (χ2v) is 7.54. The summed E-state index contributed by atoms with van der Waals surface area (Å²) in [5, 5.41) is 9.48. The lowest BCUT2D eigenvalue weighted by molar-refractivity contribution is -0.137. The molecule has 1 aromatic heterocycles. The second-order valence-electron chi connectivity index (χ2n) is 6.37. The van der Waals surface area contributed by atoms with E-state index in [0.717, 1.165) is 5.56 Å². The summed E-state index contributed by atoms with van der Waals surface area (Å²) in [4.78, 5) is 40.8. The molecule has 3 aromatic rings. The highest BCUT2D eigenvalue weighted by molar-refractivity contribution is 8.00. The van der Waals surface area contributed by atoms with E-state index in [1.165, 1.54) is 34.5 Å². The number of cyclic esters (lactones) is 1. The fraction of sp³-hybridized carbons (Fsp3) is 0.200. The first-order chi connectivity index (χ1) is 13.5. The number of nitrogens with zero attached hydrogens (tertiary/aromatic N) is 2. The van der Waals surface area contributed by atoms with Crippen LogP contribution >= 0.6 is 11.8 Å². The number of benzene rings is 2. The molecule has 2 heterocycles. The molecule has 28 heavy (non-hydrogen) atoms. The maximum atomic E-state index is 13.1. The Hall–Kier alpha value is -3.13. The Morgan fingerprint density at radius 1 is 1.21 bits per heavy atom. The first kappa shape index (κ1) is 18.2. The Bertz CT molecular complexity index is 1130. The number of carbonyl (C=O) groups excluding carboxylic acids is 1. The molecule has 8 heteroatoms. The Labute approximate surface area is 164 Å². The predicted octanol–water partition coefficient (Wildman–Crippen LogP) is 2.55. The quantitative estimate of drug-likeness (QED) is 0.523. The highest BCUT2D eigenvalue weighted by Crippen LogP contribution is 2.29. The van der Waals surface area contributed by atoms with Gasteiger partial charge in [-0.3, -0.25) is 14.2 Å². The summed E-state index contributed by atoms with van der Waals surface area (Å²) in [6.07, 6.45) is 0.540. The maximum Gasteiger partial charge on any atom is 0.335 e. The average molecular weight is 396 g/mol. The summed E-state index contributed by atoms with van der Waals surface area (Å²) >= 11 is 1.18. The monoisotopic (exact) mass is 396 g/mol. The lowest BCUT2D eigenvalue weighted by atomic mass is 10.1. The number of hydrogen-bond acceptors (Lipinski definition) is 6. The second kappa shape index (κ2) is 7.47. The molecule has 142 valence electrons. The van der Waals surface area contributed by atoms with Gasteiger partial charge in [-0.2, -0.15) is 0 Å². The molecule has 1 fully saturated rings. The van der Waals surface area contributed by atoms with Crippen molar-refractivity contribution in [1.29, 1.82) is 0 Å². The number of hydrogen-bond donors (Lipinski definition) is 1. The fourth-order valence-electron chi connectivity index (χ4n) is 3.04. The summed E-state index contributed by atoms with van der Waals surface area (Å²) in [5.74, 6) is -1.42. The summed E-state index contributed by atoms with van der Waals surface area (Å²) in [6.45, 7) is 0.642. The van der Waals surface area contributed by atoms with Gasteiger partial charge in [0.15, 0.2) is 5.16 Å². The Balaban J connectivity index is 1.85. The SMILES string of the molecule is O=C(O)c1ccc2c(=O)n(Cc3ccccc3)c(SC3CCOC3=O)nc2c1. The van der Waals surface area contributed by atoms with Crippen LogP contribution in [0.15, 0.2) is 58.5 Å². The third kappa shape index (κ3) is 3.50. The lowest BCUT2D eigenvalue weighted by Gasteiger charge is -2.15. The molecule has 1 saturated heterocycles. The van der Waals surface area contributed by atoms with Gasteiger partial charge in [-0.15, -0.1) is 0 Å². The zero-order chi connectivity index (χ0) is 19.7. The number of carboxylic acids is 1. The van der Waals surface area contributed by atoms with Gasteiger partial charge in [-0.25, -0.2) is 9.78 Å². The zero-order valence-corrected chi connectivity index (χ0v) is 15.5. The Kier molecular flexibility index (Phi) is 4.87. The van der Waals surface area contributed by atoms with Crippen molar-refractivity contribution in [2.24, 2.45) is 0 Å². The van der Waals surface area contributed by atoms with Crippen LogP contribution in [0.3, 0.4) is 0 Å². The van der Waals surface area contributed by atoms with Crippen molar-refractivity contribution in [2.75, 3.05) is 6.61 Å². The van der Waals surface area contributed by atoms with Gasteiger partial charge in [0.05, 0.1) is 29.6 Å². The molecule has 1 N–H and O–H groups in total. The van der Waals surface area contributed by atoms with Crippen molar-refractivity contribution in [3.05, 3.63) is 70.0 Å². The van der Waals surface area contributed by atoms with Crippen molar-refractivity contribution in [3.8, 4) is 0 Å². The van der Waals surface area contributed by atoms with Crippen LogP contribution in [0.4, 0.5) is 0 Å². The largest absolute Gasteiger partial charge is 0.478 e. The van der Waals surface area contributed by atoms with E-state index in [1.807, 2.05) is 30.3 Å². The van der Waals surface area contributed by atoms with E-state index in [-0.39, 0.29) is 17.1 Å². The minimum Gasteiger partial charge on any atom is -0.478 e. The summed E-state index contributed by atoms with van der Waals surface area (Å²) in [5.41, 5.74) is 0.989. The minimum atomic E-state index is -1.09. The fourth-order valence-corrected chi connectivity index (χ4v) is 4.10. The molecule has 7 nitrogen and oxygen atoms in total. The third-order valence-corrected chi connectivity index (χ3v) is 5.72. The number of esters is 1. The summed E-state index contributed by atoms with van der Waals surface area (Å²) < 4.78 is 6.53. The number of aromatic nitrogens is 2. The van der Waals surface area contributed by atoms with Gasteiger partial charge in [-0.05, 0) is 23.8 Å². The number of ether oxygens (including phenoxy) is 1. The molecule has 2 aromatic carbocycles. The highest BCUT2D eigenvalue weighted by atomic mass is 32.2. The predicted molar refractivity (Wildman–Crippen MR) is 104 cm³/mol. The average Bonchev–Trinajstić information content (AvgIpc) is 3.10. The molecule has 1 aliphatic heterocycles. The minimum absolute atomic E-state index is 0.0523. The molecule has 0 radical (unpaired) electrons. The number of carbonyl (C=O) groups is 2. The van der Waals surface area contributed by atoms with Crippen LogP contribution in [0.25, 0.3) is 10.9 Å². The molecule has 1 atom stereocenters. The van der Waals surface area contributed by atoms with E-state index in [9.17, 15) is 19.5 Å². The van der Waals surface area contributed by atoms with E-state index in [0.29, 0.717) is 35.6 Å². The van der Waals surface area contributed by atoms with Gasteiger partial charge < -0.3 is 9.84 Å².